The summed E-state index contributed by atoms with van der Waals surface area (Å²) in [6, 6.07) is 3.23. The van der Waals surface area contributed by atoms with E-state index in [0.29, 0.717) is 0 Å². The maximum Gasteiger partial charge on any atom is 0.312 e. The molecule has 1 rings (SSSR count). The summed E-state index contributed by atoms with van der Waals surface area (Å²) >= 11 is 5.77. The summed E-state index contributed by atoms with van der Waals surface area (Å²) in [7, 11) is 0. The molecule has 1 aromatic rings. The number of halogens is 1. The summed E-state index contributed by atoms with van der Waals surface area (Å²) in [5.74, 6) is -0.569. The lowest BCUT2D eigenvalue weighted by atomic mass is 10.2. The van der Waals surface area contributed by atoms with Crippen molar-refractivity contribution in [2.24, 2.45) is 5.73 Å². The Morgan fingerprint density at radius 3 is 2.53 bits per heavy atom. The molecule has 0 aliphatic rings. The minimum atomic E-state index is -0.706. The first-order chi connectivity index (χ1) is 8.93. The van der Waals surface area contributed by atoms with Crippen molar-refractivity contribution in [2.45, 2.75) is 0 Å². The van der Waals surface area contributed by atoms with E-state index in [2.05, 4.69) is 10.6 Å². The molecule has 4 N–H and O–H groups in total. The smallest absolute Gasteiger partial charge is 0.312 e. The molecule has 0 saturated heterocycles. The zero-order valence-electron chi connectivity index (χ0n) is 9.68. The van der Waals surface area contributed by atoms with Gasteiger partial charge in [-0.15, -0.1) is 0 Å². The summed E-state index contributed by atoms with van der Waals surface area (Å²) in [5.41, 5.74) is 4.49. The Kier molecular flexibility index (Phi) is 5.07. The van der Waals surface area contributed by atoms with Crippen LogP contribution in [0.4, 0.5) is 10.5 Å². The molecule has 0 aliphatic carbocycles. The molecule has 3 amide bonds. The standard InChI is InChI=1S/C10H11ClN4O4/c11-8-6(2-1-3-7(8)15(18)19)9(16)13-4-5-14-10(12)17/h1-3H,4-5H2,(H,13,16)(H3,12,14,17). The Morgan fingerprint density at radius 2 is 1.95 bits per heavy atom. The highest BCUT2D eigenvalue weighted by atomic mass is 35.5. The lowest BCUT2D eigenvalue weighted by Crippen LogP contribution is -2.37. The number of nitrogens with zero attached hydrogens (tertiary/aromatic N) is 1. The van der Waals surface area contributed by atoms with Gasteiger partial charge in [0, 0.05) is 19.2 Å². The molecule has 0 bridgehead atoms. The van der Waals surface area contributed by atoms with Crippen LogP contribution in [0.25, 0.3) is 0 Å². The lowest BCUT2D eigenvalue weighted by molar-refractivity contribution is -0.384. The van der Waals surface area contributed by atoms with E-state index in [9.17, 15) is 19.7 Å². The van der Waals surface area contributed by atoms with Gasteiger partial charge in [0.15, 0.2) is 0 Å². The number of benzene rings is 1. The first kappa shape index (κ1) is 14.7. The number of hydrogen-bond acceptors (Lipinski definition) is 4. The Labute approximate surface area is 113 Å². The Hall–Kier alpha value is -2.35. The Bertz CT molecular complexity index is 520. The van der Waals surface area contributed by atoms with Crippen molar-refractivity contribution in [3.63, 3.8) is 0 Å². The summed E-state index contributed by atoms with van der Waals surface area (Å²) in [4.78, 5) is 32.1. The van der Waals surface area contributed by atoms with Gasteiger partial charge in [-0.3, -0.25) is 14.9 Å². The number of nitro groups is 1. The second-order valence-electron chi connectivity index (χ2n) is 3.44. The molecule has 0 spiro atoms. The van der Waals surface area contributed by atoms with Gasteiger partial charge in [0.1, 0.15) is 5.02 Å². The summed E-state index contributed by atoms with van der Waals surface area (Å²) < 4.78 is 0. The van der Waals surface area contributed by atoms with Crippen LogP contribution in [0, 0.1) is 10.1 Å². The van der Waals surface area contributed by atoms with Crippen molar-refractivity contribution >= 4 is 29.2 Å². The SMILES string of the molecule is NC(=O)NCCNC(=O)c1cccc([N+](=O)[O-])c1Cl. The zero-order chi connectivity index (χ0) is 14.4. The number of nitrogens with two attached hydrogens (primary N) is 1. The third-order valence-electron chi connectivity index (χ3n) is 2.13. The highest BCUT2D eigenvalue weighted by Crippen LogP contribution is 2.27. The average Bonchev–Trinajstić information content (AvgIpc) is 2.34. The molecular weight excluding hydrogens is 276 g/mol. The molecule has 0 fully saturated rings. The molecule has 0 saturated carbocycles. The van der Waals surface area contributed by atoms with E-state index >= 15 is 0 Å². The number of urea groups is 1. The number of rotatable bonds is 5. The largest absolute Gasteiger partial charge is 0.352 e. The third-order valence-corrected chi connectivity index (χ3v) is 2.53. The van der Waals surface area contributed by atoms with Crippen LogP contribution in [0.5, 0.6) is 0 Å². The summed E-state index contributed by atoms with van der Waals surface area (Å²) in [6.07, 6.45) is 0. The van der Waals surface area contributed by atoms with Gasteiger partial charge in [0.05, 0.1) is 10.5 Å². The monoisotopic (exact) mass is 286 g/mol. The van der Waals surface area contributed by atoms with E-state index in [0.717, 1.165) is 0 Å². The van der Waals surface area contributed by atoms with Crippen LogP contribution in [0.1, 0.15) is 10.4 Å². The van der Waals surface area contributed by atoms with E-state index < -0.39 is 16.9 Å². The van der Waals surface area contributed by atoms with Gasteiger partial charge < -0.3 is 16.4 Å². The first-order valence-corrected chi connectivity index (χ1v) is 5.55. The van der Waals surface area contributed by atoms with Gasteiger partial charge in [-0.25, -0.2) is 4.79 Å². The number of primary amides is 1. The van der Waals surface area contributed by atoms with Crippen molar-refractivity contribution < 1.29 is 14.5 Å². The summed E-state index contributed by atoms with van der Waals surface area (Å²) in [6.45, 7) is 0.272. The van der Waals surface area contributed by atoms with E-state index in [1.54, 1.807) is 0 Å². The molecule has 102 valence electrons. The van der Waals surface area contributed by atoms with Gasteiger partial charge in [0.25, 0.3) is 11.6 Å². The molecule has 0 radical (unpaired) electrons. The number of amides is 3. The topological polar surface area (TPSA) is 127 Å². The summed E-state index contributed by atoms with van der Waals surface area (Å²) in [5, 5.41) is 15.2. The number of nitrogens with one attached hydrogen (secondary N) is 2. The quantitative estimate of drug-likeness (QED) is 0.417. The van der Waals surface area contributed by atoms with Crippen molar-refractivity contribution in [3.05, 3.63) is 38.9 Å². The van der Waals surface area contributed by atoms with E-state index in [1.165, 1.54) is 18.2 Å². The fourth-order valence-electron chi connectivity index (χ4n) is 1.29. The van der Waals surface area contributed by atoms with Crippen LogP contribution in [0.15, 0.2) is 18.2 Å². The third kappa shape index (κ3) is 4.11. The molecule has 1 aromatic carbocycles. The van der Waals surface area contributed by atoms with Gasteiger partial charge in [-0.2, -0.15) is 0 Å². The van der Waals surface area contributed by atoms with Gasteiger partial charge in [-0.05, 0) is 6.07 Å². The minimum Gasteiger partial charge on any atom is -0.352 e. The number of nitro benzene ring substituents is 1. The Morgan fingerprint density at radius 1 is 1.32 bits per heavy atom. The second kappa shape index (κ2) is 6.55. The molecule has 19 heavy (non-hydrogen) atoms. The van der Waals surface area contributed by atoms with Gasteiger partial charge in [-0.1, -0.05) is 17.7 Å². The molecule has 0 atom stereocenters. The average molecular weight is 287 g/mol. The number of carbonyl (C=O) groups excluding carboxylic acids is 2. The predicted molar refractivity (Wildman–Crippen MR) is 68.0 cm³/mol. The van der Waals surface area contributed by atoms with Crippen LogP contribution >= 0.6 is 11.6 Å². The van der Waals surface area contributed by atoms with Crippen LogP contribution in [-0.4, -0.2) is 30.0 Å². The van der Waals surface area contributed by atoms with Crippen LogP contribution in [0.2, 0.25) is 5.02 Å². The molecule has 9 heteroatoms. The Balaban J connectivity index is 2.70. The van der Waals surface area contributed by atoms with Crippen LogP contribution in [-0.2, 0) is 0 Å². The van der Waals surface area contributed by atoms with E-state index in [4.69, 9.17) is 17.3 Å². The molecule has 0 heterocycles. The van der Waals surface area contributed by atoms with Crippen LogP contribution < -0.4 is 16.4 Å². The van der Waals surface area contributed by atoms with Crippen molar-refractivity contribution in [3.8, 4) is 0 Å². The second-order valence-corrected chi connectivity index (χ2v) is 3.82. The van der Waals surface area contributed by atoms with Gasteiger partial charge in [0.2, 0.25) is 0 Å². The van der Waals surface area contributed by atoms with Gasteiger partial charge >= 0.3 is 6.03 Å². The van der Waals surface area contributed by atoms with Crippen LogP contribution in [0.3, 0.4) is 0 Å². The van der Waals surface area contributed by atoms with Crippen molar-refractivity contribution in [1.29, 1.82) is 0 Å². The predicted octanol–water partition coefficient (Wildman–Crippen LogP) is 0.646. The maximum atomic E-state index is 11.7. The zero-order valence-corrected chi connectivity index (χ0v) is 10.4. The fraction of sp³-hybridized carbons (Fsp3) is 0.200. The minimum absolute atomic E-state index is 0.00468. The lowest BCUT2D eigenvalue weighted by Gasteiger charge is -2.07. The van der Waals surface area contributed by atoms with E-state index in [1.807, 2.05) is 0 Å². The van der Waals surface area contributed by atoms with Crippen molar-refractivity contribution in [1.82, 2.24) is 10.6 Å². The normalized spacial score (nSPS) is 9.74. The molecule has 0 unspecified atom stereocenters. The number of hydrogen-bond donors (Lipinski definition) is 3. The molecule has 0 aromatic heterocycles. The number of carbonyl (C=O) groups is 2. The molecule has 8 nitrogen and oxygen atoms in total. The maximum absolute atomic E-state index is 11.7. The fourth-order valence-corrected chi connectivity index (χ4v) is 1.57. The highest BCUT2D eigenvalue weighted by Gasteiger charge is 2.19. The van der Waals surface area contributed by atoms with Crippen molar-refractivity contribution in [2.75, 3.05) is 13.1 Å². The molecular formula is C10H11ClN4O4. The highest BCUT2D eigenvalue weighted by molar-refractivity contribution is 6.35. The van der Waals surface area contributed by atoms with E-state index in [-0.39, 0.29) is 29.4 Å². The molecule has 0 aliphatic heterocycles. The first-order valence-electron chi connectivity index (χ1n) is 5.18.